The van der Waals surface area contributed by atoms with Gasteiger partial charge in [0.25, 0.3) is 0 Å². The summed E-state index contributed by atoms with van der Waals surface area (Å²) in [6.45, 7) is 8.81. The number of carbonyl (C=O) groups is 1. The van der Waals surface area contributed by atoms with E-state index in [1.165, 1.54) is 5.56 Å². The van der Waals surface area contributed by atoms with Gasteiger partial charge in [0, 0.05) is 24.3 Å². The first-order chi connectivity index (χ1) is 9.52. The predicted molar refractivity (Wildman–Crippen MR) is 77.5 cm³/mol. The van der Waals surface area contributed by atoms with Gasteiger partial charge in [-0.1, -0.05) is 6.92 Å². The van der Waals surface area contributed by atoms with Gasteiger partial charge < -0.3 is 5.11 Å². The van der Waals surface area contributed by atoms with E-state index in [0.29, 0.717) is 6.04 Å². The van der Waals surface area contributed by atoms with Crippen molar-refractivity contribution in [2.75, 3.05) is 13.1 Å². The maximum Gasteiger partial charge on any atom is 0.309 e. The van der Waals surface area contributed by atoms with Crippen molar-refractivity contribution < 1.29 is 9.90 Å². The monoisotopic (exact) mass is 279 g/mol. The van der Waals surface area contributed by atoms with Crippen LogP contribution in [0.4, 0.5) is 0 Å². The van der Waals surface area contributed by atoms with Crippen molar-refractivity contribution in [3.8, 4) is 0 Å². The summed E-state index contributed by atoms with van der Waals surface area (Å²) in [5.74, 6) is -0.633. The Kier molecular flexibility index (Phi) is 4.48. The Hall–Kier alpha value is -1.36. The number of aliphatic carboxylic acids is 1. The molecule has 1 aromatic rings. The molecule has 0 saturated carbocycles. The fourth-order valence-corrected chi connectivity index (χ4v) is 3.04. The lowest BCUT2D eigenvalue weighted by Gasteiger charge is -2.40. The van der Waals surface area contributed by atoms with Crippen molar-refractivity contribution in [3.05, 3.63) is 18.0 Å². The third kappa shape index (κ3) is 2.73. The lowest BCUT2D eigenvalue weighted by molar-refractivity contribution is -0.152. The third-order valence-corrected chi connectivity index (χ3v) is 4.89. The molecule has 2 heterocycles. The van der Waals surface area contributed by atoms with E-state index in [0.717, 1.165) is 38.9 Å². The van der Waals surface area contributed by atoms with Gasteiger partial charge in [0.05, 0.1) is 11.6 Å². The van der Waals surface area contributed by atoms with Crippen molar-refractivity contribution in [1.29, 1.82) is 0 Å². The summed E-state index contributed by atoms with van der Waals surface area (Å²) in [5.41, 5.74) is 0.704. The van der Waals surface area contributed by atoms with Crippen LogP contribution in [0.3, 0.4) is 0 Å². The number of rotatable bonds is 5. The molecule has 1 aliphatic heterocycles. The average Bonchev–Trinajstić information content (AvgIpc) is 2.95. The van der Waals surface area contributed by atoms with Crippen molar-refractivity contribution in [2.24, 2.45) is 5.41 Å². The number of aryl methyl sites for hydroxylation is 1. The lowest BCUT2D eigenvalue weighted by atomic mass is 9.76. The SMILES string of the molecule is CCn1cc(C(C)N2CCC(CC)(C(=O)O)CC2)cn1. The molecule has 0 bridgehead atoms. The number of hydrogen-bond acceptors (Lipinski definition) is 3. The molecule has 5 nitrogen and oxygen atoms in total. The first-order valence-electron chi connectivity index (χ1n) is 7.52. The van der Waals surface area contributed by atoms with Crippen molar-refractivity contribution in [1.82, 2.24) is 14.7 Å². The number of nitrogens with zero attached hydrogens (tertiary/aromatic N) is 3. The van der Waals surface area contributed by atoms with Gasteiger partial charge in [-0.15, -0.1) is 0 Å². The highest BCUT2D eigenvalue weighted by Crippen LogP contribution is 2.37. The zero-order chi connectivity index (χ0) is 14.8. The summed E-state index contributed by atoms with van der Waals surface area (Å²) in [6, 6.07) is 0.305. The van der Waals surface area contributed by atoms with Crippen molar-refractivity contribution in [3.63, 3.8) is 0 Å². The van der Waals surface area contributed by atoms with E-state index in [2.05, 4.69) is 30.0 Å². The van der Waals surface area contributed by atoms with Crippen LogP contribution >= 0.6 is 0 Å². The minimum atomic E-state index is -0.633. The van der Waals surface area contributed by atoms with Crippen LogP contribution in [0, 0.1) is 5.41 Å². The summed E-state index contributed by atoms with van der Waals surface area (Å²) in [5, 5.41) is 13.8. The number of aromatic nitrogens is 2. The van der Waals surface area contributed by atoms with E-state index < -0.39 is 11.4 Å². The molecule has 5 heteroatoms. The second kappa shape index (κ2) is 5.95. The standard InChI is InChI=1S/C15H25N3O2/c1-4-15(14(19)20)6-8-17(9-7-15)12(3)13-10-16-18(5-2)11-13/h10-12H,4-9H2,1-3H3,(H,19,20). The number of likely N-dealkylation sites (tertiary alicyclic amines) is 1. The van der Waals surface area contributed by atoms with Gasteiger partial charge in [0.1, 0.15) is 0 Å². The minimum Gasteiger partial charge on any atom is -0.481 e. The van der Waals surface area contributed by atoms with Crippen LogP contribution in [0.5, 0.6) is 0 Å². The van der Waals surface area contributed by atoms with Gasteiger partial charge in [-0.25, -0.2) is 0 Å². The second-order valence-electron chi connectivity index (χ2n) is 5.78. The number of carboxylic acid groups (broad SMARTS) is 1. The molecule has 1 atom stereocenters. The number of hydrogen-bond donors (Lipinski definition) is 1. The fourth-order valence-electron chi connectivity index (χ4n) is 3.04. The largest absolute Gasteiger partial charge is 0.481 e. The minimum absolute atomic E-state index is 0.305. The molecule has 1 N–H and O–H groups in total. The highest BCUT2D eigenvalue weighted by atomic mass is 16.4. The molecule has 1 aromatic heterocycles. The summed E-state index contributed by atoms with van der Waals surface area (Å²) < 4.78 is 1.93. The molecular formula is C15H25N3O2. The molecule has 0 aliphatic carbocycles. The third-order valence-electron chi connectivity index (χ3n) is 4.89. The molecular weight excluding hydrogens is 254 g/mol. The van der Waals surface area contributed by atoms with Crippen LogP contribution in [0.15, 0.2) is 12.4 Å². The Morgan fingerprint density at radius 2 is 2.10 bits per heavy atom. The first kappa shape index (κ1) is 15.0. The van der Waals surface area contributed by atoms with Crippen LogP contribution in [0.2, 0.25) is 0 Å². The molecule has 1 fully saturated rings. The van der Waals surface area contributed by atoms with E-state index in [-0.39, 0.29) is 0 Å². The summed E-state index contributed by atoms with van der Waals surface area (Å²) in [7, 11) is 0. The Morgan fingerprint density at radius 1 is 1.45 bits per heavy atom. The maximum absolute atomic E-state index is 11.5. The van der Waals surface area contributed by atoms with Crippen molar-refractivity contribution >= 4 is 5.97 Å². The second-order valence-corrected chi connectivity index (χ2v) is 5.78. The molecule has 0 radical (unpaired) electrons. The predicted octanol–water partition coefficient (Wildman–Crippen LogP) is 2.54. The molecule has 1 aliphatic rings. The van der Waals surface area contributed by atoms with Crippen LogP contribution in [0.1, 0.15) is 51.6 Å². The molecule has 1 saturated heterocycles. The van der Waals surface area contributed by atoms with Gasteiger partial charge in [0.15, 0.2) is 0 Å². The van der Waals surface area contributed by atoms with Gasteiger partial charge in [0.2, 0.25) is 0 Å². The van der Waals surface area contributed by atoms with E-state index in [9.17, 15) is 9.90 Å². The van der Waals surface area contributed by atoms with Crippen LogP contribution in [0.25, 0.3) is 0 Å². The molecule has 2 rings (SSSR count). The van der Waals surface area contributed by atoms with E-state index in [1.807, 2.05) is 17.8 Å². The van der Waals surface area contributed by atoms with E-state index in [4.69, 9.17) is 0 Å². The molecule has 112 valence electrons. The zero-order valence-corrected chi connectivity index (χ0v) is 12.7. The molecule has 0 aromatic carbocycles. The average molecular weight is 279 g/mol. The van der Waals surface area contributed by atoms with Gasteiger partial charge in [-0.2, -0.15) is 5.10 Å². The number of piperidine rings is 1. The fraction of sp³-hybridized carbons (Fsp3) is 0.733. The maximum atomic E-state index is 11.5. The van der Waals surface area contributed by atoms with Crippen molar-refractivity contribution in [2.45, 2.75) is 52.6 Å². The van der Waals surface area contributed by atoms with E-state index in [1.54, 1.807) is 0 Å². The summed E-state index contributed by atoms with van der Waals surface area (Å²) in [4.78, 5) is 13.8. The van der Waals surface area contributed by atoms with E-state index >= 15 is 0 Å². The van der Waals surface area contributed by atoms with Crippen LogP contribution < -0.4 is 0 Å². The van der Waals surface area contributed by atoms with Gasteiger partial charge in [-0.05, 0) is 46.2 Å². The highest BCUT2D eigenvalue weighted by molar-refractivity contribution is 5.74. The number of carboxylic acids is 1. The Morgan fingerprint density at radius 3 is 2.55 bits per heavy atom. The summed E-state index contributed by atoms with van der Waals surface area (Å²) >= 11 is 0. The van der Waals surface area contributed by atoms with Gasteiger partial charge in [-0.3, -0.25) is 14.4 Å². The molecule has 1 unspecified atom stereocenters. The zero-order valence-electron chi connectivity index (χ0n) is 12.7. The first-order valence-corrected chi connectivity index (χ1v) is 7.52. The van der Waals surface area contributed by atoms with Gasteiger partial charge >= 0.3 is 5.97 Å². The Labute approximate surface area is 120 Å². The highest BCUT2D eigenvalue weighted by Gasteiger charge is 2.40. The lowest BCUT2D eigenvalue weighted by Crippen LogP contribution is -2.44. The van der Waals surface area contributed by atoms with Crippen LogP contribution in [-0.2, 0) is 11.3 Å². The molecule has 0 amide bonds. The smallest absolute Gasteiger partial charge is 0.309 e. The summed E-state index contributed by atoms with van der Waals surface area (Å²) in [6.07, 6.45) is 6.21. The normalized spacial score (nSPS) is 20.8. The molecule has 20 heavy (non-hydrogen) atoms. The molecule has 0 spiro atoms. The van der Waals surface area contributed by atoms with Crippen LogP contribution in [-0.4, -0.2) is 38.8 Å². The topological polar surface area (TPSA) is 58.4 Å². The Balaban J connectivity index is 2.01. The Bertz CT molecular complexity index is 461. The quantitative estimate of drug-likeness (QED) is 0.900.